The third-order valence-corrected chi connectivity index (χ3v) is 3.45. The zero-order chi connectivity index (χ0) is 17.5. The largest absolute Gasteiger partial charge is 0.497 e. The van der Waals surface area contributed by atoms with Gasteiger partial charge in [0.2, 0.25) is 0 Å². The lowest BCUT2D eigenvalue weighted by molar-refractivity contribution is -0.123. The Morgan fingerprint density at radius 2 is 2.04 bits per heavy atom. The molecule has 3 aromatic rings. The van der Waals surface area contributed by atoms with Crippen LogP contribution >= 0.6 is 0 Å². The number of carbonyl (C=O) groups is 1. The van der Waals surface area contributed by atoms with Gasteiger partial charge in [-0.3, -0.25) is 4.79 Å². The second-order valence-electron chi connectivity index (χ2n) is 5.22. The molecule has 1 amide bonds. The minimum atomic E-state index is -0.208. The highest BCUT2D eigenvalue weighted by Crippen LogP contribution is 2.18. The van der Waals surface area contributed by atoms with Crippen molar-refractivity contribution in [1.29, 1.82) is 0 Å². The number of pyridine rings is 1. The average Bonchev–Trinajstić information content (AvgIpc) is 3.20. The molecule has 0 bridgehead atoms. The first-order valence-electron chi connectivity index (χ1n) is 7.73. The number of nitrogens with one attached hydrogen (secondary N) is 1. The number of ether oxygens (including phenoxy) is 2. The third kappa shape index (κ3) is 4.57. The van der Waals surface area contributed by atoms with E-state index in [9.17, 15) is 4.79 Å². The van der Waals surface area contributed by atoms with Crippen LogP contribution in [0.2, 0.25) is 0 Å². The number of rotatable bonds is 7. The van der Waals surface area contributed by atoms with Gasteiger partial charge in [0.05, 0.1) is 7.11 Å². The minimum absolute atomic E-state index is 0.0652. The first-order valence-corrected chi connectivity index (χ1v) is 7.73. The highest BCUT2D eigenvalue weighted by Gasteiger charge is 2.05. The van der Waals surface area contributed by atoms with Crippen molar-refractivity contribution in [2.45, 2.75) is 6.54 Å². The zero-order valence-electron chi connectivity index (χ0n) is 13.8. The van der Waals surface area contributed by atoms with Crippen molar-refractivity contribution in [2.24, 2.45) is 0 Å². The molecule has 25 heavy (non-hydrogen) atoms. The van der Waals surface area contributed by atoms with Crippen LogP contribution in [0.4, 0.5) is 0 Å². The van der Waals surface area contributed by atoms with E-state index in [1.54, 1.807) is 42.4 Å². The topological polar surface area (TPSA) is 78.3 Å². The van der Waals surface area contributed by atoms with Crippen LogP contribution < -0.4 is 14.8 Å². The van der Waals surface area contributed by atoms with Crippen molar-refractivity contribution in [3.8, 4) is 17.3 Å². The van der Waals surface area contributed by atoms with Gasteiger partial charge in [0, 0.05) is 31.2 Å². The van der Waals surface area contributed by atoms with Crippen LogP contribution in [-0.2, 0) is 11.3 Å². The summed E-state index contributed by atoms with van der Waals surface area (Å²) in [4.78, 5) is 16.2. The van der Waals surface area contributed by atoms with E-state index >= 15 is 0 Å². The van der Waals surface area contributed by atoms with Gasteiger partial charge in [-0.1, -0.05) is 6.07 Å². The standard InChI is InChI=1S/C18H18N4O3/c1-24-15-4-2-5-16(11-15)25-13-18(23)20-12-14-6-8-19-17(10-14)22-9-3-7-21-22/h2-11H,12-13H2,1H3,(H,20,23). The summed E-state index contributed by atoms with van der Waals surface area (Å²) in [5, 5.41) is 6.95. The SMILES string of the molecule is COc1cccc(OCC(=O)NCc2ccnc(-n3cccn3)c2)c1. The van der Waals surface area contributed by atoms with Gasteiger partial charge in [-0.2, -0.15) is 5.10 Å². The van der Waals surface area contributed by atoms with E-state index in [-0.39, 0.29) is 12.5 Å². The smallest absolute Gasteiger partial charge is 0.258 e. The molecule has 2 aromatic heterocycles. The number of aromatic nitrogens is 3. The summed E-state index contributed by atoms with van der Waals surface area (Å²) in [6.07, 6.45) is 5.18. The van der Waals surface area contributed by atoms with Crippen LogP contribution in [0.25, 0.3) is 5.82 Å². The normalized spacial score (nSPS) is 10.3. The molecule has 0 atom stereocenters. The number of benzene rings is 1. The van der Waals surface area contributed by atoms with E-state index < -0.39 is 0 Å². The first kappa shape index (κ1) is 16.5. The molecule has 0 aliphatic carbocycles. The Bertz CT molecular complexity index is 834. The molecule has 0 spiro atoms. The quantitative estimate of drug-likeness (QED) is 0.713. The van der Waals surface area contributed by atoms with E-state index in [4.69, 9.17) is 9.47 Å². The van der Waals surface area contributed by atoms with E-state index in [1.807, 2.05) is 30.5 Å². The highest BCUT2D eigenvalue weighted by molar-refractivity contribution is 5.77. The molecule has 0 aliphatic rings. The molecule has 0 aliphatic heterocycles. The molecule has 3 rings (SSSR count). The lowest BCUT2D eigenvalue weighted by Gasteiger charge is -2.09. The number of methoxy groups -OCH3 is 1. The number of amides is 1. The number of hydrogen-bond donors (Lipinski definition) is 1. The van der Waals surface area contributed by atoms with E-state index in [1.165, 1.54) is 0 Å². The maximum atomic E-state index is 12.0. The summed E-state index contributed by atoms with van der Waals surface area (Å²) in [5.41, 5.74) is 0.926. The van der Waals surface area contributed by atoms with Crippen LogP contribution in [0.5, 0.6) is 11.5 Å². The number of carbonyl (C=O) groups excluding carboxylic acids is 1. The molecule has 128 valence electrons. The summed E-state index contributed by atoms with van der Waals surface area (Å²) >= 11 is 0. The Kier molecular flexibility index (Phi) is 5.26. The first-order chi connectivity index (χ1) is 12.2. The van der Waals surface area contributed by atoms with Crippen LogP contribution in [0.1, 0.15) is 5.56 Å². The van der Waals surface area contributed by atoms with Crippen molar-refractivity contribution in [3.05, 3.63) is 66.6 Å². The zero-order valence-corrected chi connectivity index (χ0v) is 13.8. The molecule has 2 heterocycles. The Labute approximate surface area is 145 Å². The van der Waals surface area contributed by atoms with E-state index in [2.05, 4.69) is 15.4 Å². The van der Waals surface area contributed by atoms with Crippen molar-refractivity contribution in [3.63, 3.8) is 0 Å². The summed E-state index contributed by atoms with van der Waals surface area (Å²) in [5.74, 6) is 1.75. The fourth-order valence-corrected chi connectivity index (χ4v) is 2.19. The number of nitrogens with zero attached hydrogens (tertiary/aromatic N) is 3. The van der Waals surface area contributed by atoms with Crippen LogP contribution in [0, 0.1) is 0 Å². The summed E-state index contributed by atoms with van der Waals surface area (Å²) in [7, 11) is 1.58. The predicted octanol–water partition coefficient (Wildman–Crippen LogP) is 1.97. The van der Waals surface area contributed by atoms with E-state index in [0.29, 0.717) is 23.9 Å². The second-order valence-corrected chi connectivity index (χ2v) is 5.22. The minimum Gasteiger partial charge on any atom is -0.497 e. The van der Waals surface area contributed by atoms with Crippen LogP contribution in [0.15, 0.2) is 61.1 Å². The molecule has 1 N–H and O–H groups in total. The molecule has 0 radical (unpaired) electrons. The summed E-state index contributed by atoms with van der Waals surface area (Å²) in [6.45, 7) is 0.321. The molecule has 7 nitrogen and oxygen atoms in total. The fourth-order valence-electron chi connectivity index (χ4n) is 2.19. The van der Waals surface area contributed by atoms with Crippen molar-refractivity contribution in [2.75, 3.05) is 13.7 Å². The van der Waals surface area contributed by atoms with Crippen molar-refractivity contribution < 1.29 is 14.3 Å². The van der Waals surface area contributed by atoms with Gasteiger partial charge < -0.3 is 14.8 Å². The Balaban J connectivity index is 1.51. The molecule has 0 saturated carbocycles. The average molecular weight is 338 g/mol. The van der Waals surface area contributed by atoms with Crippen molar-refractivity contribution >= 4 is 5.91 Å². The monoisotopic (exact) mass is 338 g/mol. The van der Waals surface area contributed by atoms with Gasteiger partial charge >= 0.3 is 0 Å². The predicted molar refractivity (Wildman–Crippen MR) is 91.7 cm³/mol. The fraction of sp³-hybridized carbons (Fsp3) is 0.167. The van der Waals surface area contributed by atoms with Gasteiger partial charge in [-0.15, -0.1) is 0 Å². The molecular weight excluding hydrogens is 320 g/mol. The lowest BCUT2D eigenvalue weighted by atomic mass is 10.2. The summed E-state index contributed by atoms with van der Waals surface area (Å²) in [6, 6.07) is 12.7. The molecule has 0 fully saturated rings. The molecule has 0 unspecified atom stereocenters. The van der Waals surface area contributed by atoms with Gasteiger partial charge in [0.15, 0.2) is 12.4 Å². The maximum absolute atomic E-state index is 12.0. The third-order valence-electron chi connectivity index (χ3n) is 3.45. The molecule has 1 aromatic carbocycles. The van der Waals surface area contributed by atoms with Gasteiger partial charge in [-0.25, -0.2) is 9.67 Å². The number of hydrogen-bond acceptors (Lipinski definition) is 5. The van der Waals surface area contributed by atoms with Gasteiger partial charge in [0.1, 0.15) is 11.5 Å². The Morgan fingerprint density at radius 3 is 2.84 bits per heavy atom. The lowest BCUT2D eigenvalue weighted by Crippen LogP contribution is -2.28. The highest BCUT2D eigenvalue weighted by atomic mass is 16.5. The Hall–Kier alpha value is -3.35. The second kappa shape index (κ2) is 7.96. The van der Waals surface area contributed by atoms with Crippen molar-refractivity contribution in [1.82, 2.24) is 20.1 Å². The molecular formula is C18H18N4O3. The van der Waals surface area contributed by atoms with Gasteiger partial charge in [-0.05, 0) is 35.9 Å². The van der Waals surface area contributed by atoms with E-state index in [0.717, 1.165) is 5.56 Å². The van der Waals surface area contributed by atoms with Crippen LogP contribution in [-0.4, -0.2) is 34.4 Å². The van der Waals surface area contributed by atoms with Crippen LogP contribution in [0.3, 0.4) is 0 Å². The molecule has 0 saturated heterocycles. The van der Waals surface area contributed by atoms with Gasteiger partial charge in [0.25, 0.3) is 5.91 Å². The summed E-state index contributed by atoms with van der Waals surface area (Å²) < 4.78 is 12.2. The Morgan fingerprint density at radius 1 is 1.16 bits per heavy atom. The maximum Gasteiger partial charge on any atom is 0.258 e. The molecule has 7 heteroatoms.